The van der Waals surface area contributed by atoms with Crippen molar-refractivity contribution in [3.8, 4) is 45.6 Å². The van der Waals surface area contributed by atoms with Crippen molar-refractivity contribution in [2.45, 2.75) is 57.8 Å². The van der Waals surface area contributed by atoms with E-state index in [1.807, 2.05) is 43.3 Å². The lowest BCUT2D eigenvalue weighted by Crippen LogP contribution is -2.33. The number of anilines is 3. The van der Waals surface area contributed by atoms with E-state index in [1.165, 1.54) is 27.8 Å². The van der Waals surface area contributed by atoms with Crippen molar-refractivity contribution in [3.05, 3.63) is 245 Å². The van der Waals surface area contributed by atoms with E-state index in [-0.39, 0.29) is 5.41 Å². The second kappa shape index (κ2) is 16.0. The molecule has 10 aromatic rings. The number of fused-ring (bicyclic) bond motifs is 17. The van der Waals surface area contributed by atoms with Crippen LogP contribution in [0.1, 0.15) is 91.6 Å². The minimum atomic E-state index is -0.821. The van der Waals surface area contributed by atoms with E-state index < -0.39 is 10.8 Å². The molecule has 72 heavy (non-hydrogen) atoms. The summed E-state index contributed by atoms with van der Waals surface area (Å²) in [5.74, 6) is 4.42. The second-order valence-electron chi connectivity index (χ2n) is 20.8. The van der Waals surface area contributed by atoms with Gasteiger partial charge < -0.3 is 23.5 Å². The number of hydrogen-bond donors (Lipinski definition) is 0. The number of benzene rings is 9. The monoisotopic (exact) mass is 935 g/mol. The molecule has 0 atom stereocenters. The molecule has 0 N–H and O–H groups in total. The Bertz CT molecular complexity index is 3850. The summed E-state index contributed by atoms with van der Waals surface area (Å²) >= 11 is 0. The van der Waals surface area contributed by atoms with Gasteiger partial charge in [0.25, 0.3) is 0 Å². The average molecular weight is 936 g/mol. The van der Waals surface area contributed by atoms with E-state index in [1.54, 1.807) is 6.08 Å². The van der Waals surface area contributed by atoms with E-state index in [9.17, 15) is 0 Å². The Morgan fingerprint density at radius 2 is 1.07 bits per heavy atom. The van der Waals surface area contributed by atoms with Crippen molar-refractivity contribution in [1.29, 1.82) is 0 Å². The summed E-state index contributed by atoms with van der Waals surface area (Å²) in [5.41, 5.74) is 16.0. The topological polar surface area (TPSA) is 44.1 Å². The molecule has 0 fully saturated rings. The van der Waals surface area contributed by atoms with Gasteiger partial charge in [-0.05, 0) is 129 Å². The average Bonchev–Trinajstić information content (AvgIpc) is 3.86. The zero-order valence-corrected chi connectivity index (χ0v) is 41.3. The first-order valence-electron chi connectivity index (χ1n) is 24.9. The fourth-order valence-corrected chi connectivity index (χ4v) is 11.9. The van der Waals surface area contributed by atoms with Crippen molar-refractivity contribution >= 4 is 51.2 Å². The quantitative estimate of drug-likeness (QED) is 0.165. The first-order chi connectivity index (χ1) is 35.0. The highest BCUT2D eigenvalue weighted by Crippen LogP contribution is 2.64. The number of allylic oxidation sites excluding steroid dienone is 1. The zero-order chi connectivity index (χ0) is 49.1. The van der Waals surface area contributed by atoms with Crippen LogP contribution in [0.25, 0.3) is 45.2 Å². The summed E-state index contributed by atoms with van der Waals surface area (Å²) in [6.07, 6.45) is 6.37. The van der Waals surface area contributed by atoms with Crippen LogP contribution in [0.3, 0.4) is 0 Å². The summed E-state index contributed by atoms with van der Waals surface area (Å²) in [6.45, 7) is 16.8. The van der Waals surface area contributed by atoms with E-state index in [2.05, 4.69) is 204 Å². The third kappa shape index (κ3) is 6.33. The lowest BCUT2D eigenvalue weighted by molar-refractivity contribution is 0.358. The zero-order valence-electron chi connectivity index (χ0n) is 41.3. The largest absolute Gasteiger partial charge is 0.456 e. The van der Waals surface area contributed by atoms with Gasteiger partial charge in [0.05, 0.1) is 16.8 Å². The van der Waals surface area contributed by atoms with Crippen LogP contribution in [0.4, 0.5) is 17.1 Å². The molecule has 5 nitrogen and oxygen atoms in total. The van der Waals surface area contributed by atoms with E-state index >= 15 is 0 Å². The minimum Gasteiger partial charge on any atom is -0.456 e. The standard InChI is InChI=1S/C64H47NO4.C3H6/c1-62(2,3)39-27-29-40(30-28-39)65(41-31-33-45-44-18-8-12-22-53(44)66-57(45)35-41)52-36-51-46(60-61(52)69-54-23-13-11-21-49(54)63(60,4)5)32-26-38-34-58-59(68-56-25-15-14-24-55(56)67-58)37-50(38)64(51)47-19-9-6-16-42(47)43-17-7-10-20-48(43)64;1-3-2/h6-37H,1-5H3;3H,1H2,2H3. The minimum absolute atomic E-state index is 0.0397. The normalized spacial score (nSPS) is 14.5. The lowest BCUT2D eigenvalue weighted by Gasteiger charge is -2.42. The molecule has 0 saturated heterocycles. The van der Waals surface area contributed by atoms with Crippen LogP contribution < -0.4 is 19.1 Å². The van der Waals surface area contributed by atoms with Gasteiger partial charge in [-0.15, -0.1) is 6.58 Å². The van der Waals surface area contributed by atoms with Crippen molar-refractivity contribution < 1.29 is 18.6 Å². The van der Waals surface area contributed by atoms with Crippen LogP contribution in [-0.2, 0) is 16.2 Å². The van der Waals surface area contributed by atoms with Gasteiger partial charge in [-0.1, -0.05) is 162 Å². The van der Waals surface area contributed by atoms with Crippen molar-refractivity contribution in [1.82, 2.24) is 0 Å². The van der Waals surface area contributed by atoms with Crippen molar-refractivity contribution in [2.75, 3.05) is 4.90 Å². The maximum Gasteiger partial charge on any atom is 0.170 e. The molecule has 0 radical (unpaired) electrons. The third-order valence-corrected chi connectivity index (χ3v) is 15.1. The van der Waals surface area contributed by atoms with Gasteiger partial charge in [-0.25, -0.2) is 0 Å². The molecule has 2 aliphatic heterocycles. The van der Waals surface area contributed by atoms with Crippen LogP contribution in [-0.4, -0.2) is 0 Å². The van der Waals surface area contributed by atoms with Crippen LogP contribution in [0.15, 0.2) is 199 Å². The predicted molar refractivity (Wildman–Crippen MR) is 294 cm³/mol. The number of para-hydroxylation sites is 4. The van der Waals surface area contributed by atoms with Crippen molar-refractivity contribution in [2.24, 2.45) is 0 Å². The molecule has 14 rings (SSSR count). The molecule has 9 aromatic carbocycles. The molecule has 0 saturated carbocycles. The maximum absolute atomic E-state index is 7.43. The smallest absolute Gasteiger partial charge is 0.170 e. The second-order valence-corrected chi connectivity index (χ2v) is 20.8. The van der Waals surface area contributed by atoms with E-state index in [0.717, 1.165) is 83.9 Å². The number of hydrogen-bond acceptors (Lipinski definition) is 5. The molecule has 4 aliphatic rings. The molecule has 5 heteroatoms. The summed E-state index contributed by atoms with van der Waals surface area (Å²) in [4.78, 5) is 2.39. The lowest BCUT2D eigenvalue weighted by atomic mass is 9.63. The van der Waals surface area contributed by atoms with Gasteiger partial charge in [-0.2, -0.15) is 0 Å². The van der Waals surface area contributed by atoms with Crippen LogP contribution in [0.2, 0.25) is 0 Å². The van der Waals surface area contributed by atoms with E-state index in [4.69, 9.17) is 18.6 Å². The number of rotatable bonds is 3. The molecule has 3 heterocycles. The van der Waals surface area contributed by atoms with Crippen LogP contribution in [0.5, 0.6) is 34.5 Å². The number of ether oxygens (including phenoxy) is 3. The maximum atomic E-state index is 7.43. The van der Waals surface area contributed by atoms with Gasteiger partial charge >= 0.3 is 0 Å². The molecule has 0 unspecified atom stereocenters. The SMILES string of the molecule is C=CC.CC(C)(C)c1ccc(N(c2ccc3c(c2)oc2ccccc23)c2cc3c(c4c2Oc2ccccc2C4(C)C)C=Cc2cc4c(cc2C32c3ccccc3-c3ccccc32)Oc2ccccc2O4)cc1. The van der Waals surface area contributed by atoms with Gasteiger partial charge in [0.15, 0.2) is 28.7 Å². The van der Waals surface area contributed by atoms with Gasteiger partial charge in [0.2, 0.25) is 0 Å². The molecule has 1 spiro atoms. The summed E-state index contributed by atoms with van der Waals surface area (Å²) in [5, 5.41) is 2.17. The van der Waals surface area contributed by atoms with Gasteiger partial charge in [0, 0.05) is 39.1 Å². The fraction of sp³-hybridized carbons (Fsp3) is 0.134. The first-order valence-corrected chi connectivity index (χ1v) is 24.9. The van der Waals surface area contributed by atoms with Crippen LogP contribution in [0, 0.1) is 0 Å². The Hall–Kier alpha value is -8.54. The summed E-state index contributed by atoms with van der Waals surface area (Å²) in [6, 6.07) is 65.2. The fourth-order valence-electron chi connectivity index (χ4n) is 11.9. The Balaban J connectivity index is 0.00000164. The number of nitrogens with zero attached hydrogens (tertiary/aromatic N) is 1. The molecule has 350 valence electrons. The highest BCUT2D eigenvalue weighted by molar-refractivity contribution is 6.06. The van der Waals surface area contributed by atoms with Gasteiger partial charge in [-0.3, -0.25) is 0 Å². The molecular weight excluding hydrogens is 883 g/mol. The van der Waals surface area contributed by atoms with Crippen molar-refractivity contribution in [3.63, 3.8) is 0 Å². The highest BCUT2D eigenvalue weighted by atomic mass is 16.6. The Labute approximate surface area is 420 Å². The molecule has 0 bridgehead atoms. The predicted octanol–water partition coefficient (Wildman–Crippen LogP) is 18.7. The highest BCUT2D eigenvalue weighted by Gasteiger charge is 2.52. The summed E-state index contributed by atoms with van der Waals surface area (Å²) < 4.78 is 27.5. The van der Waals surface area contributed by atoms with Gasteiger partial charge in [0.1, 0.15) is 16.9 Å². The van der Waals surface area contributed by atoms with E-state index in [0.29, 0.717) is 23.0 Å². The molecule has 0 amide bonds. The molecular formula is C67H53NO4. The third-order valence-electron chi connectivity index (χ3n) is 15.1. The first kappa shape index (κ1) is 43.5. The molecule has 2 aliphatic carbocycles. The summed E-state index contributed by atoms with van der Waals surface area (Å²) in [7, 11) is 0. The molecule has 1 aromatic heterocycles. The Morgan fingerprint density at radius 1 is 0.500 bits per heavy atom. The Morgan fingerprint density at radius 3 is 1.75 bits per heavy atom. The van der Waals surface area contributed by atoms with Crippen LogP contribution >= 0.6 is 0 Å². The number of furan rings is 1. The Kier molecular flexibility index (Phi) is 9.66.